The molecule has 2 aromatic heterocycles. The van der Waals surface area contributed by atoms with Crippen LogP contribution in [0.15, 0.2) is 18.3 Å². The average Bonchev–Trinajstić information content (AvgIpc) is 3.23. The molecule has 0 unspecified atom stereocenters. The Hall–Kier alpha value is -3.41. The molecule has 2 fully saturated rings. The Kier molecular flexibility index (Phi) is 6.93. The molecule has 12 heteroatoms. The lowest BCUT2D eigenvalue weighted by Gasteiger charge is -2.35. The molecule has 2 saturated carbocycles. The molecule has 1 amide bonds. The van der Waals surface area contributed by atoms with E-state index >= 15 is 0 Å². The van der Waals surface area contributed by atoms with Gasteiger partial charge in [-0.25, -0.2) is 23.1 Å². The number of aliphatic hydroxyl groups is 1. The standard InChI is InChI=1S/C25H30F3N7O2/c1-34(19-4-2-3-5-20(19)36)24-30-12-18-23(33-24)35(15-8-6-13(7-9-15)22(29)37)25(31-18)32-21-16(27)10-14(26)11-17(21)28/h10-13,15,19-20,36H,2-9H2,1H3,(H2,29,37)(H,31,32)/t13?,15?,19-,20-/m0/s1. The van der Waals surface area contributed by atoms with Crippen molar-refractivity contribution in [1.82, 2.24) is 19.5 Å². The number of halogens is 3. The van der Waals surface area contributed by atoms with Gasteiger partial charge in [-0.2, -0.15) is 4.98 Å². The molecule has 4 N–H and O–H groups in total. The molecule has 37 heavy (non-hydrogen) atoms. The number of primary amides is 1. The van der Waals surface area contributed by atoms with Gasteiger partial charge in [0.05, 0.1) is 18.3 Å². The second-order valence-corrected chi connectivity index (χ2v) is 9.99. The maximum absolute atomic E-state index is 14.5. The molecule has 0 aliphatic heterocycles. The number of aromatic nitrogens is 4. The van der Waals surface area contributed by atoms with Crippen LogP contribution in [0.4, 0.5) is 30.8 Å². The number of carbonyl (C=O) groups is 1. The van der Waals surface area contributed by atoms with Gasteiger partial charge < -0.3 is 21.1 Å². The van der Waals surface area contributed by atoms with Crippen LogP contribution < -0.4 is 16.0 Å². The van der Waals surface area contributed by atoms with Crippen molar-refractivity contribution >= 4 is 34.7 Å². The minimum absolute atomic E-state index is 0.131. The second-order valence-electron chi connectivity index (χ2n) is 9.99. The first-order valence-electron chi connectivity index (χ1n) is 12.6. The molecule has 2 atom stereocenters. The van der Waals surface area contributed by atoms with E-state index in [0.29, 0.717) is 61.3 Å². The van der Waals surface area contributed by atoms with Gasteiger partial charge in [-0.3, -0.25) is 9.36 Å². The number of amides is 1. The van der Waals surface area contributed by atoms with Gasteiger partial charge in [0.1, 0.15) is 17.0 Å². The van der Waals surface area contributed by atoms with E-state index in [2.05, 4.69) is 15.3 Å². The minimum atomic E-state index is -1.09. The predicted octanol–water partition coefficient (Wildman–Crippen LogP) is 3.94. The highest BCUT2D eigenvalue weighted by Crippen LogP contribution is 2.38. The number of rotatable bonds is 6. The number of aliphatic hydroxyl groups excluding tert-OH is 1. The maximum Gasteiger partial charge on any atom is 0.227 e. The summed E-state index contributed by atoms with van der Waals surface area (Å²) in [6.45, 7) is 0. The van der Waals surface area contributed by atoms with Gasteiger partial charge in [-0.1, -0.05) is 12.8 Å². The highest BCUT2D eigenvalue weighted by Gasteiger charge is 2.31. The van der Waals surface area contributed by atoms with Crippen LogP contribution in [0.3, 0.4) is 0 Å². The fourth-order valence-electron chi connectivity index (χ4n) is 5.57. The molecule has 1 aromatic carbocycles. The first-order valence-corrected chi connectivity index (χ1v) is 12.6. The van der Waals surface area contributed by atoms with E-state index in [1.807, 2.05) is 11.9 Å². The largest absolute Gasteiger partial charge is 0.391 e. The fraction of sp³-hybridized carbons (Fsp3) is 0.520. The zero-order chi connectivity index (χ0) is 26.3. The summed E-state index contributed by atoms with van der Waals surface area (Å²) in [5.41, 5.74) is 5.84. The number of anilines is 3. The molecule has 2 aliphatic carbocycles. The van der Waals surface area contributed by atoms with Gasteiger partial charge >= 0.3 is 0 Å². The number of nitrogens with two attached hydrogens (primary N) is 1. The smallest absolute Gasteiger partial charge is 0.227 e. The fourth-order valence-corrected chi connectivity index (χ4v) is 5.57. The van der Waals surface area contributed by atoms with Crippen LogP contribution in [0, 0.1) is 23.4 Å². The molecule has 0 radical (unpaired) electrons. The highest BCUT2D eigenvalue weighted by molar-refractivity contribution is 5.78. The number of nitrogens with zero attached hydrogens (tertiary/aromatic N) is 5. The lowest BCUT2D eigenvalue weighted by molar-refractivity contribution is -0.122. The van der Waals surface area contributed by atoms with Crippen molar-refractivity contribution in [1.29, 1.82) is 0 Å². The van der Waals surface area contributed by atoms with Crippen molar-refractivity contribution in [3.05, 3.63) is 35.8 Å². The van der Waals surface area contributed by atoms with E-state index < -0.39 is 29.2 Å². The Labute approximate surface area is 211 Å². The Bertz CT molecular complexity index is 1290. The third-order valence-corrected chi connectivity index (χ3v) is 7.63. The van der Waals surface area contributed by atoms with Gasteiger partial charge in [-0.05, 0) is 38.5 Å². The van der Waals surface area contributed by atoms with E-state index in [1.54, 1.807) is 4.57 Å². The molecule has 0 spiro atoms. The number of likely N-dealkylation sites (N-methyl/N-ethyl adjacent to an activating group) is 1. The number of hydrogen-bond acceptors (Lipinski definition) is 7. The molecular weight excluding hydrogens is 487 g/mol. The van der Waals surface area contributed by atoms with Crippen LogP contribution in [-0.4, -0.2) is 49.7 Å². The third-order valence-electron chi connectivity index (χ3n) is 7.63. The van der Waals surface area contributed by atoms with Crippen molar-refractivity contribution in [3.63, 3.8) is 0 Å². The first-order chi connectivity index (χ1) is 17.7. The zero-order valence-electron chi connectivity index (χ0n) is 20.5. The Balaban J connectivity index is 1.56. The maximum atomic E-state index is 14.5. The molecule has 0 bridgehead atoms. The molecule has 198 valence electrons. The summed E-state index contributed by atoms with van der Waals surface area (Å²) < 4.78 is 44.2. The summed E-state index contributed by atoms with van der Waals surface area (Å²) in [5.74, 6) is -3.26. The van der Waals surface area contributed by atoms with Crippen LogP contribution in [0.1, 0.15) is 57.4 Å². The molecule has 9 nitrogen and oxygen atoms in total. The summed E-state index contributed by atoms with van der Waals surface area (Å²) in [6, 6.07) is 0.883. The van der Waals surface area contributed by atoms with Crippen molar-refractivity contribution in [3.8, 4) is 0 Å². The Morgan fingerprint density at radius 2 is 1.76 bits per heavy atom. The van der Waals surface area contributed by atoms with Crippen molar-refractivity contribution in [2.24, 2.45) is 11.7 Å². The molecule has 0 saturated heterocycles. The predicted molar refractivity (Wildman–Crippen MR) is 132 cm³/mol. The first kappa shape index (κ1) is 25.2. The summed E-state index contributed by atoms with van der Waals surface area (Å²) in [6.07, 6.45) is 6.82. The Morgan fingerprint density at radius 3 is 2.41 bits per heavy atom. The summed E-state index contributed by atoms with van der Waals surface area (Å²) in [5, 5.41) is 13.2. The van der Waals surface area contributed by atoms with Gasteiger partial charge in [0, 0.05) is 31.1 Å². The number of benzene rings is 1. The lowest BCUT2D eigenvalue weighted by atomic mass is 9.85. The van der Waals surface area contributed by atoms with Crippen molar-refractivity contribution < 1.29 is 23.1 Å². The number of carbonyl (C=O) groups excluding carboxylic acids is 1. The SMILES string of the molecule is CN(c1ncc2nc(Nc3c(F)cc(F)cc3F)n(C3CCC(C(N)=O)CC3)c2n1)[C@H]1CCCC[C@@H]1O. The molecule has 3 aromatic rings. The molecule has 5 rings (SSSR count). The number of hydrogen-bond donors (Lipinski definition) is 3. The van der Waals surface area contributed by atoms with E-state index in [1.165, 1.54) is 6.20 Å². The number of imidazole rings is 1. The third kappa shape index (κ3) is 4.94. The number of fused-ring (bicyclic) bond motifs is 1. The molecule has 2 aliphatic rings. The monoisotopic (exact) mass is 517 g/mol. The van der Waals surface area contributed by atoms with Gasteiger partial charge in [0.25, 0.3) is 0 Å². The zero-order valence-corrected chi connectivity index (χ0v) is 20.5. The minimum Gasteiger partial charge on any atom is -0.391 e. The summed E-state index contributed by atoms with van der Waals surface area (Å²) >= 11 is 0. The van der Waals surface area contributed by atoms with E-state index in [9.17, 15) is 23.1 Å². The van der Waals surface area contributed by atoms with E-state index in [4.69, 9.17) is 10.7 Å². The quantitative estimate of drug-likeness (QED) is 0.453. The van der Waals surface area contributed by atoms with Crippen LogP contribution in [-0.2, 0) is 4.79 Å². The lowest BCUT2D eigenvalue weighted by Crippen LogP contribution is -2.44. The van der Waals surface area contributed by atoms with Crippen LogP contribution in [0.25, 0.3) is 11.2 Å². The van der Waals surface area contributed by atoms with Crippen LogP contribution in [0.5, 0.6) is 0 Å². The van der Waals surface area contributed by atoms with E-state index in [-0.39, 0.29) is 29.9 Å². The van der Waals surface area contributed by atoms with Gasteiger partial charge in [0.2, 0.25) is 17.8 Å². The second kappa shape index (κ2) is 10.2. The van der Waals surface area contributed by atoms with Crippen LogP contribution in [0.2, 0.25) is 0 Å². The average molecular weight is 518 g/mol. The van der Waals surface area contributed by atoms with Gasteiger partial charge in [0.15, 0.2) is 17.3 Å². The number of nitrogens with one attached hydrogen (secondary N) is 1. The summed E-state index contributed by atoms with van der Waals surface area (Å²) in [4.78, 5) is 27.3. The van der Waals surface area contributed by atoms with E-state index in [0.717, 1.165) is 19.3 Å². The molecule has 2 heterocycles. The summed E-state index contributed by atoms with van der Waals surface area (Å²) in [7, 11) is 1.83. The van der Waals surface area contributed by atoms with Crippen molar-refractivity contribution in [2.75, 3.05) is 17.3 Å². The topological polar surface area (TPSA) is 122 Å². The normalized spacial score (nSPS) is 24.2. The van der Waals surface area contributed by atoms with Gasteiger partial charge in [-0.15, -0.1) is 0 Å². The van der Waals surface area contributed by atoms with Crippen LogP contribution >= 0.6 is 0 Å². The Morgan fingerprint density at radius 1 is 1.08 bits per heavy atom. The van der Waals surface area contributed by atoms with Crippen molar-refractivity contribution in [2.45, 2.75) is 69.6 Å². The highest BCUT2D eigenvalue weighted by atomic mass is 19.1. The molecular formula is C25H30F3N7O2.